The summed E-state index contributed by atoms with van der Waals surface area (Å²) in [6.45, 7) is 0. The minimum Gasteiger partial charge on any atom is -0.481 e. The lowest BCUT2D eigenvalue weighted by molar-refractivity contribution is -0.148. The highest BCUT2D eigenvalue weighted by molar-refractivity contribution is 6.12. The Morgan fingerprint density at radius 3 is 1.39 bits per heavy atom. The molecule has 206 valence electrons. The fourth-order valence-electron chi connectivity index (χ4n) is 7.25. The average molecular weight is 526 g/mol. The smallest absolute Gasteiger partial charge is 0.308 e. The van der Waals surface area contributed by atoms with E-state index in [0.717, 1.165) is 51.4 Å². The molecule has 0 aromatic heterocycles. The Labute approximate surface area is 223 Å². The van der Waals surface area contributed by atoms with Crippen LogP contribution in [0.5, 0.6) is 0 Å². The number of nitrogens with two attached hydrogens (primary N) is 1. The molecule has 4 amide bonds. The van der Waals surface area contributed by atoms with Gasteiger partial charge in [0.1, 0.15) is 0 Å². The number of rotatable bonds is 1. The van der Waals surface area contributed by atoms with Crippen LogP contribution < -0.4 is 16.4 Å². The molecule has 1 saturated heterocycles. The number of carboxylic acid groups (broad SMARTS) is 1. The van der Waals surface area contributed by atoms with E-state index in [-0.39, 0.29) is 47.4 Å². The van der Waals surface area contributed by atoms with Gasteiger partial charge in [0.25, 0.3) is 11.8 Å². The standard InChI is InChI=1S/C10H13NO2.C9H15NO2.C6H8.C4H3NO2/c12-9-7-5-1-2-6(4-3-5)8(7)10(13)11-9;10-8-6-3-1-5(2-4-6)7(8)9(11)12;1-2-4-6-5-3-1;6-3-1-2-4(7)5-3/h5-8H,1-4H2,(H,11,12,13);5-8H,1-4,10H2,(H,11,12);1-4H,5-6H2;1-2H,(H,5,6,7). The normalized spacial score (nSPS) is 37.1. The SMILES string of the molecule is C1=CCCC=C1.NC1C2CCC(CC2)C1C(=O)O.O=C1C=CC(=O)N1.O=C1NC(=O)C2C3CCC(CC3)C12. The molecule has 4 atom stereocenters. The lowest BCUT2D eigenvalue weighted by Crippen LogP contribution is -2.52. The van der Waals surface area contributed by atoms with E-state index in [0.29, 0.717) is 23.7 Å². The third kappa shape index (κ3) is 6.49. The van der Waals surface area contributed by atoms with Gasteiger partial charge in [0.15, 0.2) is 0 Å². The van der Waals surface area contributed by atoms with E-state index < -0.39 is 5.97 Å². The fraction of sp³-hybridized carbons (Fsp3) is 0.621. The molecule has 6 saturated carbocycles. The first-order valence-electron chi connectivity index (χ1n) is 13.9. The molecule has 0 aromatic rings. The zero-order valence-electron chi connectivity index (χ0n) is 21.7. The van der Waals surface area contributed by atoms with E-state index in [1.807, 2.05) is 5.32 Å². The van der Waals surface area contributed by atoms with E-state index in [4.69, 9.17) is 10.8 Å². The third-order valence-electron chi connectivity index (χ3n) is 9.16. The van der Waals surface area contributed by atoms with Crippen LogP contribution in [0.3, 0.4) is 0 Å². The van der Waals surface area contributed by atoms with Gasteiger partial charge in [-0.3, -0.25) is 34.6 Å². The first kappa shape index (κ1) is 28.0. The highest BCUT2D eigenvalue weighted by atomic mass is 16.4. The summed E-state index contributed by atoms with van der Waals surface area (Å²) in [6, 6.07) is -0.0741. The number of allylic oxidation sites excluding steroid dienone is 4. The van der Waals surface area contributed by atoms with Crippen LogP contribution in [-0.4, -0.2) is 40.7 Å². The quantitative estimate of drug-likeness (QED) is 0.384. The lowest BCUT2D eigenvalue weighted by Gasteiger charge is -2.45. The van der Waals surface area contributed by atoms with Crippen molar-refractivity contribution in [2.45, 2.75) is 70.3 Å². The Morgan fingerprint density at radius 2 is 1.11 bits per heavy atom. The van der Waals surface area contributed by atoms with Gasteiger partial charge in [0, 0.05) is 18.2 Å². The van der Waals surface area contributed by atoms with E-state index in [9.17, 15) is 24.0 Å². The average Bonchev–Trinajstić information content (AvgIpc) is 3.48. The van der Waals surface area contributed by atoms with Gasteiger partial charge in [0.05, 0.1) is 17.8 Å². The lowest BCUT2D eigenvalue weighted by atomic mass is 9.59. The number of carbonyl (C=O) groups is 5. The molecule has 4 unspecified atom stereocenters. The predicted molar refractivity (Wildman–Crippen MR) is 140 cm³/mol. The maximum atomic E-state index is 11.5. The molecule has 38 heavy (non-hydrogen) atoms. The van der Waals surface area contributed by atoms with E-state index >= 15 is 0 Å². The van der Waals surface area contributed by atoms with Crippen molar-refractivity contribution in [2.75, 3.05) is 0 Å². The van der Waals surface area contributed by atoms with Crippen molar-refractivity contribution in [1.29, 1.82) is 0 Å². The molecule has 0 aromatic carbocycles. The van der Waals surface area contributed by atoms with Crippen LogP contribution in [0.15, 0.2) is 36.5 Å². The number of carboxylic acids is 1. The Hall–Kier alpha value is -3.07. The number of fused-ring (bicyclic) bond motifs is 5. The second-order valence-corrected chi connectivity index (χ2v) is 11.3. The monoisotopic (exact) mass is 525 g/mol. The minimum atomic E-state index is -0.683. The van der Waals surface area contributed by atoms with Crippen LogP contribution in [0, 0.1) is 41.4 Å². The van der Waals surface area contributed by atoms with Gasteiger partial charge in [0.2, 0.25) is 11.8 Å². The summed E-state index contributed by atoms with van der Waals surface area (Å²) in [5.41, 5.74) is 5.88. The Morgan fingerprint density at radius 1 is 0.684 bits per heavy atom. The number of imide groups is 2. The number of nitrogens with one attached hydrogen (secondary N) is 2. The van der Waals surface area contributed by atoms with Gasteiger partial charge < -0.3 is 10.8 Å². The third-order valence-corrected chi connectivity index (χ3v) is 9.16. The summed E-state index contributed by atoms with van der Waals surface area (Å²) in [7, 11) is 0. The topological polar surface area (TPSA) is 156 Å². The molecule has 0 spiro atoms. The van der Waals surface area contributed by atoms with Gasteiger partial charge >= 0.3 is 5.97 Å². The number of amides is 4. The molecule has 4 bridgehead atoms. The highest BCUT2D eigenvalue weighted by Crippen LogP contribution is 2.50. The maximum absolute atomic E-state index is 11.5. The molecule has 7 fully saturated rings. The van der Waals surface area contributed by atoms with Crippen LogP contribution in [-0.2, 0) is 24.0 Å². The van der Waals surface area contributed by atoms with E-state index in [2.05, 4.69) is 29.6 Å². The molecule has 7 aliphatic carbocycles. The summed E-state index contributed by atoms with van der Waals surface area (Å²) >= 11 is 0. The second-order valence-electron chi connectivity index (χ2n) is 11.3. The summed E-state index contributed by atoms with van der Waals surface area (Å²) in [5.74, 6) is 0.347. The molecule has 2 heterocycles. The van der Waals surface area contributed by atoms with Crippen molar-refractivity contribution in [1.82, 2.24) is 10.6 Å². The van der Waals surface area contributed by atoms with Gasteiger partial charge in [-0.15, -0.1) is 0 Å². The maximum Gasteiger partial charge on any atom is 0.308 e. The van der Waals surface area contributed by atoms with Gasteiger partial charge in [-0.25, -0.2) is 0 Å². The first-order valence-corrected chi connectivity index (χ1v) is 13.9. The molecule has 5 N–H and O–H groups in total. The van der Waals surface area contributed by atoms with Crippen molar-refractivity contribution in [3.63, 3.8) is 0 Å². The number of aliphatic carboxylic acids is 1. The van der Waals surface area contributed by atoms with Crippen LogP contribution in [0.4, 0.5) is 0 Å². The molecule has 2 aliphatic heterocycles. The number of carbonyl (C=O) groups excluding carboxylic acids is 4. The largest absolute Gasteiger partial charge is 0.481 e. The molecular weight excluding hydrogens is 486 g/mol. The van der Waals surface area contributed by atoms with Gasteiger partial charge in [-0.1, -0.05) is 24.3 Å². The first-order chi connectivity index (χ1) is 18.3. The molecular formula is C29H39N3O6. The highest BCUT2D eigenvalue weighted by Gasteiger charge is 2.54. The van der Waals surface area contributed by atoms with E-state index in [1.165, 1.54) is 25.0 Å². The number of hydrogen-bond donors (Lipinski definition) is 4. The Kier molecular flexibility index (Phi) is 9.31. The van der Waals surface area contributed by atoms with Crippen molar-refractivity contribution >= 4 is 29.6 Å². The predicted octanol–water partition coefficient (Wildman–Crippen LogP) is 2.62. The Balaban J connectivity index is 0.000000124. The van der Waals surface area contributed by atoms with Gasteiger partial charge in [-0.2, -0.15) is 0 Å². The van der Waals surface area contributed by atoms with Crippen LogP contribution in [0.25, 0.3) is 0 Å². The van der Waals surface area contributed by atoms with Crippen molar-refractivity contribution in [2.24, 2.45) is 47.2 Å². The second kappa shape index (κ2) is 12.7. The van der Waals surface area contributed by atoms with Crippen molar-refractivity contribution in [3.05, 3.63) is 36.5 Å². The van der Waals surface area contributed by atoms with Crippen LogP contribution in [0.2, 0.25) is 0 Å². The number of hydrogen-bond acceptors (Lipinski definition) is 6. The van der Waals surface area contributed by atoms with E-state index in [1.54, 1.807) is 0 Å². The van der Waals surface area contributed by atoms with Gasteiger partial charge in [-0.05, 0) is 87.9 Å². The summed E-state index contributed by atoms with van der Waals surface area (Å²) in [5, 5.41) is 13.5. The van der Waals surface area contributed by atoms with Crippen molar-refractivity contribution in [3.8, 4) is 0 Å². The molecule has 9 heteroatoms. The minimum absolute atomic E-state index is 0.00407. The summed E-state index contributed by atoms with van der Waals surface area (Å²) in [4.78, 5) is 53.9. The molecule has 9 nitrogen and oxygen atoms in total. The zero-order valence-corrected chi connectivity index (χ0v) is 21.7. The Bertz CT molecular complexity index is 959. The summed E-state index contributed by atoms with van der Waals surface area (Å²) < 4.78 is 0. The molecule has 9 aliphatic rings. The van der Waals surface area contributed by atoms with Crippen molar-refractivity contribution < 1.29 is 29.1 Å². The summed E-state index contributed by atoms with van der Waals surface area (Å²) in [6.07, 6.45) is 22.5. The zero-order chi connectivity index (χ0) is 27.2. The van der Waals surface area contributed by atoms with Crippen LogP contribution in [0.1, 0.15) is 64.2 Å². The molecule has 0 radical (unpaired) electrons. The molecule has 9 rings (SSSR count). The fourth-order valence-corrected chi connectivity index (χ4v) is 7.25. The van der Waals surface area contributed by atoms with Crippen LogP contribution >= 0.6 is 0 Å².